The molecule has 6 heteroatoms. The van der Waals surface area contributed by atoms with Crippen molar-refractivity contribution in [3.8, 4) is 0 Å². The quantitative estimate of drug-likeness (QED) is 0.591. The molecule has 0 spiro atoms. The summed E-state index contributed by atoms with van der Waals surface area (Å²) in [5, 5.41) is 0. The molecule has 0 aromatic rings. The van der Waals surface area contributed by atoms with Gasteiger partial charge in [-0.25, -0.2) is 0 Å². The van der Waals surface area contributed by atoms with Gasteiger partial charge in [0.05, 0.1) is 0 Å². The van der Waals surface area contributed by atoms with Crippen LogP contribution in [-0.2, 0) is 10.2 Å². The van der Waals surface area contributed by atoms with Crippen molar-refractivity contribution in [3.63, 3.8) is 0 Å². The molecule has 0 unspecified atom stereocenters. The number of nitrogens with two attached hydrogens (primary N) is 1. The summed E-state index contributed by atoms with van der Waals surface area (Å²) in [6.45, 7) is 8.53. The molecule has 0 bridgehead atoms. The molecule has 0 aliphatic heterocycles. The first kappa shape index (κ1) is 15.3. The summed E-state index contributed by atoms with van der Waals surface area (Å²) in [5.41, 5.74) is 5.35. The average molecular weight is 247 g/mol. The molecule has 0 saturated heterocycles. The highest BCUT2D eigenvalue weighted by atomic mass is 32.2. The normalized spacial score (nSPS) is 12.0. The molecule has 0 aliphatic carbocycles. The SMILES string of the molecule is C=CCN(CC=C)S(=O)(=O)N(C)CCCN. The first-order valence-electron chi connectivity index (χ1n) is 5.14. The summed E-state index contributed by atoms with van der Waals surface area (Å²) in [6, 6.07) is 0. The van der Waals surface area contributed by atoms with E-state index in [9.17, 15) is 8.42 Å². The smallest absolute Gasteiger partial charge is 0.282 e. The molecule has 0 heterocycles. The van der Waals surface area contributed by atoms with Gasteiger partial charge in [-0.2, -0.15) is 17.0 Å². The highest BCUT2D eigenvalue weighted by molar-refractivity contribution is 7.86. The molecule has 16 heavy (non-hydrogen) atoms. The Morgan fingerprint density at radius 3 is 2.12 bits per heavy atom. The third kappa shape index (κ3) is 4.44. The fourth-order valence-electron chi connectivity index (χ4n) is 1.18. The van der Waals surface area contributed by atoms with Gasteiger partial charge in [0.1, 0.15) is 0 Å². The van der Waals surface area contributed by atoms with E-state index in [1.807, 2.05) is 0 Å². The zero-order valence-corrected chi connectivity index (χ0v) is 10.6. The second-order valence-corrected chi connectivity index (χ2v) is 5.40. The van der Waals surface area contributed by atoms with Gasteiger partial charge in [-0.1, -0.05) is 12.2 Å². The van der Waals surface area contributed by atoms with Crippen LogP contribution in [0.25, 0.3) is 0 Å². The van der Waals surface area contributed by atoms with E-state index in [0.717, 1.165) is 0 Å². The van der Waals surface area contributed by atoms with Crippen LogP contribution in [-0.4, -0.2) is 50.3 Å². The molecule has 0 radical (unpaired) electrons. The average Bonchev–Trinajstić information content (AvgIpc) is 2.25. The Morgan fingerprint density at radius 2 is 1.75 bits per heavy atom. The first-order chi connectivity index (χ1) is 7.50. The summed E-state index contributed by atoms with van der Waals surface area (Å²) in [5.74, 6) is 0. The maximum atomic E-state index is 12.0. The van der Waals surface area contributed by atoms with Crippen LogP contribution in [0.5, 0.6) is 0 Å². The number of hydrogen-bond acceptors (Lipinski definition) is 3. The molecule has 0 saturated carbocycles. The zero-order valence-electron chi connectivity index (χ0n) is 9.80. The zero-order chi connectivity index (χ0) is 12.6. The van der Waals surface area contributed by atoms with E-state index in [0.29, 0.717) is 19.5 Å². The van der Waals surface area contributed by atoms with Crippen molar-refractivity contribution in [2.75, 3.05) is 33.2 Å². The largest absolute Gasteiger partial charge is 0.330 e. The van der Waals surface area contributed by atoms with Crippen LogP contribution in [0.15, 0.2) is 25.3 Å². The minimum atomic E-state index is -3.43. The van der Waals surface area contributed by atoms with Crippen LogP contribution in [0, 0.1) is 0 Å². The predicted octanol–water partition coefficient (Wildman–Crippen LogP) is 0.186. The third-order valence-corrected chi connectivity index (χ3v) is 3.98. The molecule has 94 valence electrons. The summed E-state index contributed by atoms with van der Waals surface area (Å²) in [4.78, 5) is 0. The Kier molecular flexibility index (Phi) is 7.24. The van der Waals surface area contributed by atoms with Gasteiger partial charge in [-0.15, -0.1) is 13.2 Å². The lowest BCUT2D eigenvalue weighted by Crippen LogP contribution is -2.42. The summed E-state index contributed by atoms with van der Waals surface area (Å²) < 4.78 is 26.7. The van der Waals surface area contributed by atoms with Gasteiger partial charge in [0.15, 0.2) is 0 Å². The Hall–Kier alpha value is -0.690. The topological polar surface area (TPSA) is 66.6 Å². The van der Waals surface area contributed by atoms with Crippen molar-refractivity contribution < 1.29 is 8.42 Å². The maximum Gasteiger partial charge on any atom is 0.282 e. The van der Waals surface area contributed by atoms with Crippen LogP contribution in [0.2, 0.25) is 0 Å². The second-order valence-electron chi connectivity index (χ2n) is 3.37. The molecular formula is C10H21N3O2S. The van der Waals surface area contributed by atoms with E-state index in [1.54, 1.807) is 19.2 Å². The first-order valence-corrected chi connectivity index (χ1v) is 6.53. The van der Waals surface area contributed by atoms with Gasteiger partial charge in [-0.3, -0.25) is 0 Å². The number of nitrogens with zero attached hydrogens (tertiary/aromatic N) is 2. The van der Waals surface area contributed by atoms with Crippen molar-refractivity contribution in [3.05, 3.63) is 25.3 Å². The van der Waals surface area contributed by atoms with Gasteiger partial charge in [-0.05, 0) is 13.0 Å². The molecular weight excluding hydrogens is 226 g/mol. The minimum Gasteiger partial charge on any atom is -0.330 e. The van der Waals surface area contributed by atoms with E-state index in [4.69, 9.17) is 5.73 Å². The fraction of sp³-hybridized carbons (Fsp3) is 0.600. The molecule has 0 fully saturated rings. The molecule has 5 nitrogen and oxygen atoms in total. The lowest BCUT2D eigenvalue weighted by molar-refractivity contribution is 0.391. The van der Waals surface area contributed by atoms with Crippen molar-refractivity contribution in [2.24, 2.45) is 5.73 Å². The molecule has 0 aromatic carbocycles. The van der Waals surface area contributed by atoms with Crippen LogP contribution < -0.4 is 5.73 Å². The molecule has 0 aliphatic rings. The van der Waals surface area contributed by atoms with Gasteiger partial charge in [0.25, 0.3) is 10.2 Å². The Morgan fingerprint density at radius 1 is 1.25 bits per heavy atom. The number of rotatable bonds is 9. The van der Waals surface area contributed by atoms with Crippen molar-refractivity contribution in [1.29, 1.82) is 0 Å². The van der Waals surface area contributed by atoms with Gasteiger partial charge >= 0.3 is 0 Å². The van der Waals surface area contributed by atoms with E-state index in [1.165, 1.54) is 8.61 Å². The van der Waals surface area contributed by atoms with Crippen LogP contribution >= 0.6 is 0 Å². The predicted molar refractivity (Wildman–Crippen MR) is 67.2 cm³/mol. The van der Waals surface area contributed by atoms with Gasteiger partial charge in [0, 0.05) is 26.7 Å². The highest BCUT2D eigenvalue weighted by Gasteiger charge is 2.24. The van der Waals surface area contributed by atoms with E-state index >= 15 is 0 Å². The molecule has 0 aromatic heterocycles. The van der Waals surface area contributed by atoms with E-state index < -0.39 is 10.2 Å². The molecule has 2 N–H and O–H groups in total. The maximum absolute atomic E-state index is 12.0. The summed E-state index contributed by atoms with van der Waals surface area (Å²) in [6.07, 6.45) is 3.75. The van der Waals surface area contributed by atoms with Crippen LogP contribution in [0.3, 0.4) is 0 Å². The molecule has 0 rings (SSSR count). The van der Waals surface area contributed by atoms with Crippen molar-refractivity contribution in [2.45, 2.75) is 6.42 Å². The monoisotopic (exact) mass is 247 g/mol. The minimum absolute atomic E-state index is 0.279. The highest BCUT2D eigenvalue weighted by Crippen LogP contribution is 2.06. The summed E-state index contributed by atoms with van der Waals surface area (Å²) in [7, 11) is -1.88. The van der Waals surface area contributed by atoms with Crippen LogP contribution in [0.4, 0.5) is 0 Å². The standard InChI is InChI=1S/C10H21N3O2S/c1-4-8-13(9-5-2)16(14,15)12(3)10-6-7-11/h4-5H,1-2,6-11H2,3H3. The molecule has 0 atom stereocenters. The summed E-state index contributed by atoms with van der Waals surface area (Å²) >= 11 is 0. The van der Waals surface area contributed by atoms with Crippen molar-refractivity contribution in [1.82, 2.24) is 8.61 Å². The van der Waals surface area contributed by atoms with Gasteiger partial charge in [0.2, 0.25) is 0 Å². The number of hydrogen-bond donors (Lipinski definition) is 1. The van der Waals surface area contributed by atoms with E-state index in [2.05, 4.69) is 13.2 Å². The Balaban J connectivity index is 4.68. The Bertz CT molecular complexity index is 304. The van der Waals surface area contributed by atoms with Crippen molar-refractivity contribution >= 4 is 10.2 Å². The lowest BCUT2D eigenvalue weighted by atomic mass is 10.4. The van der Waals surface area contributed by atoms with Crippen LogP contribution in [0.1, 0.15) is 6.42 Å². The Labute approximate surface area is 98.4 Å². The lowest BCUT2D eigenvalue weighted by Gasteiger charge is -2.25. The molecule has 0 amide bonds. The van der Waals surface area contributed by atoms with Gasteiger partial charge < -0.3 is 5.73 Å². The second kappa shape index (κ2) is 7.56. The fourth-order valence-corrected chi connectivity index (χ4v) is 2.52. The van der Waals surface area contributed by atoms with E-state index in [-0.39, 0.29) is 13.1 Å². The third-order valence-electron chi connectivity index (χ3n) is 2.06.